The van der Waals surface area contributed by atoms with Gasteiger partial charge in [0.2, 0.25) is 11.8 Å². The number of rotatable bonds is 10. The van der Waals surface area contributed by atoms with E-state index in [0.717, 1.165) is 34.7 Å². The average Bonchev–Trinajstić information content (AvgIpc) is 3.61. The maximum absolute atomic E-state index is 13.3. The molecule has 1 fully saturated rings. The van der Waals surface area contributed by atoms with Gasteiger partial charge in [0.25, 0.3) is 23.6 Å². The van der Waals surface area contributed by atoms with Crippen LogP contribution in [0, 0.1) is 13.8 Å². The molecule has 4 heterocycles. The predicted octanol–water partition coefficient (Wildman–Crippen LogP) is 2.47. The third kappa shape index (κ3) is 5.99. The van der Waals surface area contributed by atoms with Crippen molar-refractivity contribution in [3.8, 4) is 0 Å². The van der Waals surface area contributed by atoms with Gasteiger partial charge in [0.15, 0.2) is 0 Å². The van der Waals surface area contributed by atoms with Crippen LogP contribution in [0.15, 0.2) is 36.4 Å². The van der Waals surface area contributed by atoms with Crippen LogP contribution in [0.3, 0.4) is 0 Å². The molecule has 0 radical (unpaired) electrons. The second kappa shape index (κ2) is 12.9. The standard InChI is InChI=1S/C35H37N7O6/c1-18-26(17-23-22-16-20(12-15-41(3)4)8-9-24(22)39-31(23)44)38-19(2)29(18)33(46)37-14-13-36-25-7-5-6-21-30(25)35(48)42(34(21)47)27-10-11-28(43)40-32(27)45/h5-9,16-17,27,36,38H,10-15H2,1-4H3,(H,37,46)(H,39,44)(H,40,43,45)/b23-17-. The first-order valence-electron chi connectivity index (χ1n) is 15.8. The molecule has 0 saturated carbocycles. The Morgan fingerprint density at radius 1 is 1.00 bits per heavy atom. The lowest BCUT2D eigenvalue weighted by Crippen LogP contribution is -2.54. The van der Waals surface area contributed by atoms with Gasteiger partial charge in [-0.15, -0.1) is 0 Å². The minimum absolute atomic E-state index is 0.0368. The van der Waals surface area contributed by atoms with E-state index in [9.17, 15) is 28.8 Å². The van der Waals surface area contributed by atoms with E-state index >= 15 is 0 Å². The maximum atomic E-state index is 13.3. The number of nitrogens with one attached hydrogen (secondary N) is 5. The first-order valence-corrected chi connectivity index (χ1v) is 15.8. The molecule has 48 heavy (non-hydrogen) atoms. The van der Waals surface area contributed by atoms with Gasteiger partial charge in [-0.05, 0) is 82.3 Å². The van der Waals surface area contributed by atoms with Crippen LogP contribution in [0.2, 0.25) is 0 Å². The van der Waals surface area contributed by atoms with Crippen LogP contribution in [0.5, 0.6) is 0 Å². The summed E-state index contributed by atoms with van der Waals surface area (Å²) < 4.78 is 0. The number of H-pyrrole nitrogens is 1. The number of benzene rings is 2. The van der Waals surface area contributed by atoms with Crippen molar-refractivity contribution in [1.29, 1.82) is 0 Å². The highest BCUT2D eigenvalue weighted by Gasteiger charge is 2.45. The third-order valence-corrected chi connectivity index (χ3v) is 8.90. The van der Waals surface area contributed by atoms with Crippen molar-refractivity contribution in [2.24, 2.45) is 0 Å². The van der Waals surface area contributed by atoms with Crippen molar-refractivity contribution in [2.75, 3.05) is 44.4 Å². The van der Waals surface area contributed by atoms with Gasteiger partial charge in [0.1, 0.15) is 6.04 Å². The van der Waals surface area contributed by atoms with Gasteiger partial charge in [-0.25, -0.2) is 0 Å². The first-order chi connectivity index (χ1) is 22.9. The molecule has 5 N–H and O–H groups in total. The smallest absolute Gasteiger partial charge is 0.264 e. The summed E-state index contributed by atoms with van der Waals surface area (Å²) in [5, 5.41) is 11.1. The largest absolute Gasteiger partial charge is 0.383 e. The molecule has 248 valence electrons. The number of amides is 6. The molecule has 0 aliphatic carbocycles. The number of fused-ring (bicyclic) bond motifs is 2. The summed E-state index contributed by atoms with van der Waals surface area (Å²) in [4.78, 5) is 82.9. The molecule has 0 spiro atoms. The van der Waals surface area contributed by atoms with E-state index in [-0.39, 0.29) is 48.9 Å². The number of imide groups is 2. The second-order valence-electron chi connectivity index (χ2n) is 12.5. The number of carbonyl (C=O) groups excluding carboxylic acids is 6. The van der Waals surface area contributed by atoms with E-state index in [2.05, 4.69) is 31.2 Å². The maximum Gasteiger partial charge on any atom is 0.264 e. The number of carbonyl (C=O) groups is 6. The molecule has 13 heteroatoms. The topological polar surface area (TPSA) is 173 Å². The minimum atomic E-state index is -1.06. The van der Waals surface area contributed by atoms with Crippen LogP contribution in [0.4, 0.5) is 11.4 Å². The van der Waals surface area contributed by atoms with Crippen molar-refractivity contribution in [3.63, 3.8) is 0 Å². The average molecular weight is 652 g/mol. The summed E-state index contributed by atoms with van der Waals surface area (Å²) in [7, 11) is 4.04. The molecule has 1 unspecified atom stereocenters. The van der Waals surface area contributed by atoms with Gasteiger partial charge in [0.05, 0.1) is 22.3 Å². The summed E-state index contributed by atoms with van der Waals surface area (Å²) >= 11 is 0. The Labute approximate surface area is 277 Å². The number of aromatic nitrogens is 1. The number of hydrogen-bond donors (Lipinski definition) is 5. The molecular weight excluding hydrogens is 614 g/mol. The molecule has 2 aromatic carbocycles. The Kier molecular flexibility index (Phi) is 8.71. The third-order valence-electron chi connectivity index (χ3n) is 8.90. The summed E-state index contributed by atoms with van der Waals surface area (Å²) in [5.74, 6) is -2.81. The first kappa shape index (κ1) is 32.4. The molecule has 13 nitrogen and oxygen atoms in total. The Morgan fingerprint density at radius 2 is 1.79 bits per heavy atom. The van der Waals surface area contributed by atoms with Crippen LogP contribution in [-0.4, -0.2) is 90.0 Å². The molecule has 1 saturated heterocycles. The minimum Gasteiger partial charge on any atom is -0.383 e. The number of piperidine rings is 1. The van der Waals surface area contributed by atoms with Crippen molar-refractivity contribution >= 4 is 58.5 Å². The fourth-order valence-electron chi connectivity index (χ4n) is 6.41. The van der Waals surface area contributed by atoms with E-state index in [1.807, 2.05) is 39.2 Å². The van der Waals surface area contributed by atoms with Crippen LogP contribution < -0.4 is 21.3 Å². The quantitative estimate of drug-likeness (QED) is 0.126. The number of aryl methyl sites for hydroxylation is 1. The fraction of sp³-hybridized carbons (Fsp3) is 0.314. The number of hydrogen-bond acceptors (Lipinski definition) is 8. The fourth-order valence-corrected chi connectivity index (χ4v) is 6.41. The lowest BCUT2D eigenvalue weighted by molar-refractivity contribution is -0.136. The zero-order valence-corrected chi connectivity index (χ0v) is 27.2. The van der Waals surface area contributed by atoms with Gasteiger partial charge in [-0.3, -0.25) is 39.0 Å². The molecule has 3 aliphatic rings. The van der Waals surface area contributed by atoms with Crippen LogP contribution >= 0.6 is 0 Å². The molecule has 1 atom stereocenters. The number of likely N-dealkylation sites (N-methyl/N-ethyl adjacent to an activating group) is 1. The number of nitrogens with zero attached hydrogens (tertiary/aromatic N) is 2. The van der Waals surface area contributed by atoms with Crippen molar-refractivity contribution < 1.29 is 28.8 Å². The highest BCUT2D eigenvalue weighted by atomic mass is 16.2. The zero-order valence-electron chi connectivity index (χ0n) is 27.2. The lowest BCUT2D eigenvalue weighted by Gasteiger charge is -2.27. The zero-order chi connectivity index (χ0) is 34.3. The van der Waals surface area contributed by atoms with E-state index in [1.165, 1.54) is 6.07 Å². The molecule has 6 amide bonds. The summed E-state index contributed by atoms with van der Waals surface area (Å²) in [5.41, 5.74) is 6.44. The number of aromatic amines is 1. The number of anilines is 2. The molecule has 0 bridgehead atoms. The van der Waals surface area contributed by atoms with Crippen LogP contribution in [-0.2, 0) is 20.8 Å². The molecule has 6 rings (SSSR count). The molecule has 3 aliphatic heterocycles. The van der Waals surface area contributed by atoms with Crippen LogP contribution in [0.25, 0.3) is 11.6 Å². The van der Waals surface area contributed by atoms with E-state index in [1.54, 1.807) is 25.1 Å². The second-order valence-corrected chi connectivity index (χ2v) is 12.5. The Hall–Kier alpha value is -5.56. The van der Waals surface area contributed by atoms with Crippen LogP contribution in [0.1, 0.15) is 72.0 Å². The Morgan fingerprint density at radius 3 is 2.54 bits per heavy atom. The summed E-state index contributed by atoms with van der Waals surface area (Å²) in [6.07, 6.45) is 2.74. The molecule has 1 aromatic heterocycles. The normalized spacial score (nSPS) is 17.9. The van der Waals surface area contributed by atoms with Crippen molar-refractivity contribution in [2.45, 2.75) is 39.2 Å². The highest BCUT2D eigenvalue weighted by Crippen LogP contribution is 2.35. The molecular formula is C35H37N7O6. The molecule has 3 aromatic rings. The van der Waals surface area contributed by atoms with Gasteiger partial charge in [-0.1, -0.05) is 12.1 Å². The van der Waals surface area contributed by atoms with Gasteiger partial charge in [0, 0.05) is 54.4 Å². The van der Waals surface area contributed by atoms with E-state index in [0.29, 0.717) is 33.8 Å². The Bertz CT molecular complexity index is 1920. The Balaban J connectivity index is 1.11. The van der Waals surface area contributed by atoms with Crippen molar-refractivity contribution in [3.05, 3.63) is 81.2 Å². The van der Waals surface area contributed by atoms with Crippen molar-refractivity contribution in [1.82, 2.24) is 25.4 Å². The predicted molar refractivity (Wildman–Crippen MR) is 179 cm³/mol. The summed E-state index contributed by atoms with van der Waals surface area (Å²) in [6, 6.07) is 9.73. The lowest BCUT2D eigenvalue weighted by atomic mass is 10.0. The van der Waals surface area contributed by atoms with Gasteiger partial charge < -0.3 is 25.8 Å². The highest BCUT2D eigenvalue weighted by molar-refractivity contribution is 6.35. The van der Waals surface area contributed by atoms with Gasteiger partial charge >= 0.3 is 0 Å². The summed E-state index contributed by atoms with van der Waals surface area (Å²) in [6.45, 7) is 4.96. The van der Waals surface area contributed by atoms with E-state index < -0.39 is 29.7 Å². The van der Waals surface area contributed by atoms with Gasteiger partial charge in [-0.2, -0.15) is 0 Å². The SMILES string of the molecule is Cc1[nH]c(/C=C2\C(=O)Nc3ccc(CCN(C)C)cc32)c(C)c1C(=O)NCCNc1cccc2c1C(=O)N(C1CCC(=O)NC1=O)C2=O. The van der Waals surface area contributed by atoms with E-state index in [4.69, 9.17) is 0 Å². The monoisotopic (exact) mass is 651 g/mol.